The van der Waals surface area contributed by atoms with Crippen molar-refractivity contribution in [2.75, 3.05) is 23.4 Å². The minimum atomic E-state index is -0.756. The molecule has 39 heavy (non-hydrogen) atoms. The first-order valence-corrected chi connectivity index (χ1v) is 13.2. The van der Waals surface area contributed by atoms with Crippen LogP contribution in [0.3, 0.4) is 0 Å². The number of anilines is 2. The fourth-order valence-corrected chi connectivity index (χ4v) is 5.79. The van der Waals surface area contributed by atoms with Crippen LogP contribution >= 0.6 is 0 Å². The molecule has 0 unspecified atom stereocenters. The molecule has 1 N–H and O–H groups in total. The minimum Gasteiger partial charge on any atom is -0.462 e. The number of carbonyl (C=O) groups is 5. The van der Waals surface area contributed by atoms with Gasteiger partial charge in [0, 0.05) is 5.69 Å². The number of esters is 2. The normalized spacial score (nSPS) is 22.9. The molecule has 9 heteroatoms. The van der Waals surface area contributed by atoms with Crippen LogP contribution in [0, 0.1) is 23.7 Å². The molecular formula is C30H30N2O7. The first-order chi connectivity index (χ1) is 18.8. The summed E-state index contributed by atoms with van der Waals surface area (Å²) in [5.41, 5.74) is 2.41. The van der Waals surface area contributed by atoms with Gasteiger partial charge in [0.05, 0.1) is 35.3 Å². The predicted molar refractivity (Wildman–Crippen MR) is 142 cm³/mol. The van der Waals surface area contributed by atoms with Crippen LogP contribution in [-0.4, -0.2) is 42.9 Å². The number of nitrogens with one attached hydrogen (secondary N) is 1. The number of amides is 3. The summed E-state index contributed by atoms with van der Waals surface area (Å²) in [5, 5.41) is 2.60. The zero-order valence-corrected chi connectivity index (χ0v) is 21.8. The standard InChI is InChI=1S/C30H30N2O7/c1-3-4-12-38-29(36)18-8-10-21(11-9-18)31-24(33)16-39-30(37)19-6-5-7-22(14-19)32-27(34)25-20-13-17(2)23(15-20)26(25)28(32)35/h5-11,13-14,20,23,25-26H,3-4,12,15-16H2,1-2H3,(H,31,33)/t20-,23+,25+,26-/m0/s1. The predicted octanol–water partition coefficient (Wildman–Crippen LogP) is 4.14. The van der Waals surface area contributed by atoms with Gasteiger partial charge < -0.3 is 14.8 Å². The van der Waals surface area contributed by atoms with Gasteiger partial charge >= 0.3 is 11.9 Å². The molecule has 4 atom stereocenters. The van der Waals surface area contributed by atoms with E-state index in [1.165, 1.54) is 22.6 Å². The van der Waals surface area contributed by atoms with Crippen molar-refractivity contribution in [3.63, 3.8) is 0 Å². The van der Waals surface area contributed by atoms with E-state index in [0.29, 0.717) is 23.5 Å². The maximum Gasteiger partial charge on any atom is 0.338 e. The van der Waals surface area contributed by atoms with Crippen LogP contribution in [0.1, 0.15) is 53.8 Å². The molecule has 0 spiro atoms. The van der Waals surface area contributed by atoms with Gasteiger partial charge in [0.25, 0.3) is 5.91 Å². The monoisotopic (exact) mass is 530 g/mol. The van der Waals surface area contributed by atoms with E-state index in [-0.39, 0.29) is 41.0 Å². The van der Waals surface area contributed by atoms with Gasteiger partial charge in [-0.2, -0.15) is 0 Å². The lowest BCUT2D eigenvalue weighted by atomic mass is 9.82. The molecule has 5 rings (SSSR count). The Bertz CT molecular complexity index is 1360. The molecular weight excluding hydrogens is 500 g/mol. The van der Waals surface area contributed by atoms with Crippen LogP contribution in [0.25, 0.3) is 0 Å². The van der Waals surface area contributed by atoms with Crippen molar-refractivity contribution in [2.45, 2.75) is 33.1 Å². The topological polar surface area (TPSA) is 119 Å². The van der Waals surface area contributed by atoms with E-state index >= 15 is 0 Å². The average molecular weight is 531 g/mol. The Morgan fingerprint density at radius 1 is 0.949 bits per heavy atom. The number of hydrogen-bond acceptors (Lipinski definition) is 7. The van der Waals surface area contributed by atoms with Gasteiger partial charge in [0.1, 0.15) is 0 Å². The van der Waals surface area contributed by atoms with Gasteiger partial charge in [-0.15, -0.1) is 0 Å². The summed E-state index contributed by atoms with van der Waals surface area (Å²) in [5.74, 6) is -2.70. The van der Waals surface area contributed by atoms with Crippen molar-refractivity contribution in [3.8, 4) is 0 Å². The maximum atomic E-state index is 13.2. The molecule has 0 radical (unpaired) electrons. The fourth-order valence-electron chi connectivity index (χ4n) is 5.79. The second-order valence-electron chi connectivity index (χ2n) is 10.2. The number of fused-ring (bicyclic) bond motifs is 5. The molecule has 1 saturated heterocycles. The highest BCUT2D eigenvalue weighted by molar-refractivity contribution is 6.23. The summed E-state index contributed by atoms with van der Waals surface area (Å²) >= 11 is 0. The van der Waals surface area contributed by atoms with Gasteiger partial charge in [0.2, 0.25) is 11.8 Å². The second-order valence-corrected chi connectivity index (χ2v) is 10.2. The number of allylic oxidation sites excluding steroid dienone is 2. The number of unbranched alkanes of at least 4 members (excludes halogenated alkanes) is 1. The van der Waals surface area contributed by atoms with Gasteiger partial charge in [-0.05, 0) is 74.1 Å². The molecule has 1 heterocycles. The first-order valence-electron chi connectivity index (χ1n) is 13.2. The third-order valence-electron chi connectivity index (χ3n) is 7.69. The van der Waals surface area contributed by atoms with Crippen molar-refractivity contribution < 1.29 is 33.4 Å². The summed E-state index contributed by atoms with van der Waals surface area (Å²) < 4.78 is 10.3. The summed E-state index contributed by atoms with van der Waals surface area (Å²) in [4.78, 5) is 64.5. The highest BCUT2D eigenvalue weighted by Gasteiger charge is 2.60. The Morgan fingerprint density at radius 3 is 2.41 bits per heavy atom. The van der Waals surface area contributed by atoms with Crippen LogP contribution in [0.2, 0.25) is 0 Å². The van der Waals surface area contributed by atoms with Crippen molar-refractivity contribution in [1.82, 2.24) is 0 Å². The van der Waals surface area contributed by atoms with Gasteiger partial charge in [-0.3, -0.25) is 14.4 Å². The van der Waals surface area contributed by atoms with E-state index < -0.39 is 24.5 Å². The number of carbonyl (C=O) groups excluding carboxylic acids is 5. The lowest BCUT2D eigenvalue weighted by molar-refractivity contribution is -0.123. The fraction of sp³-hybridized carbons (Fsp3) is 0.367. The maximum absolute atomic E-state index is 13.2. The SMILES string of the molecule is CCCCOC(=O)c1ccc(NC(=O)COC(=O)c2cccc(N3C(=O)[C@@H]4[C@H](C3=O)[C@H]3C=C(C)[C@H]4C3)c2)cc1. The molecule has 9 nitrogen and oxygen atoms in total. The molecule has 2 aromatic rings. The lowest BCUT2D eigenvalue weighted by Crippen LogP contribution is -2.33. The van der Waals surface area contributed by atoms with E-state index in [9.17, 15) is 24.0 Å². The van der Waals surface area contributed by atoms with Gasteiger partial charge in [0.15, 0.2) is 6.61 Å². The summed E-state index contributed by atoms with van der Waals surface area (Å²) in [7, 11) is 0. The Balaban J connectivity index is 1.16. The van der Waals surface area contributed by atoms with E-state index in [1.54, 1.807) is 36.4 Å². The van der Waals surface area contributed by atoms with E-state index in [2.05, 4.69) is 11.4 Å². The number of ether oxygens (including phenoxy) is 2. The molecule has 202 valence electrons. The van der Waals surface area contributed by atoms with Crippen molar-refractivity contribution >= 4 is 41.0 Å². The first kappa shape index (κ1) is 26.3. The molecule has 2 fully saturated rings. The Morgan fingerprint density at radius 2 is 1.67 bits per heavy atom. The van der Waals surface area contributed by atoms with Crippen molar-refractivity contribution in [1.29, 1.82) is 0 Å². The van der Waals surface area contributed by atoms with Crippen LogP contribution in [0.15, 0.2) is 60.2 Å². The molecule has 2 aliphatic carbocycles. The Labute approximate surface area is 226 Å². The van der Waals surface area contributed by atoms with Crippen LogP contribution in [0.5, 0.6) is 0 Å². The number of imide groups is 1. The molecule has 1 aliphatic heterocycles. The largest absolute Gasteiger partial charge is 0.462 e. The zero-order chi connectivity index (χ0) is 27.7. The smallest absolute Gasteiger partial charge is 0.338 e. The van der Waals surface area contributed by atoms with E-state index in [0.717, 1.165) is 19.3 Å². The van der Waals surface area contributed by atoms with Crippen LogP contribution in [-0.2, 0) is 23.9 Å². The average Bonchev–Trinajstić information content (AvgIpc) is 3.57. The molecule has 2 aromatic carbocycles. The minimum absolute atomic E-state index is 0.0870. The van der Waals surface area contributed by atoms with E-state index in [1.807, 2.05) is 13.8 Å². The van der Waals surface area contributed by atoms with Crippen molar-refractivity contribution in [2.24, 2.45) is 23.7 Å². The molecule has 0 aromatic heterocycles. The summed E-state index contributed by atoms with van der Waals surface area (Å²) in [6, 6.07) is 12.3. The quantitative estimate of drug-likeness (QED) is 0.224. The summed E-state index contributed by atoms with van der Waals surface area (Å²) in [6.07, 6.45) is 4.66. The molecule has 3 aliphatic rings. The molecule has 1 saturated carbocycles. The highest BCUT2D eigenvalue weighted by Crippen LogP contribution is 2.55. The zero-order valence-electron chi connectivity index (χ0n) is 21.8. The number of rotatable bonds is 9. The number of benzene rings is 2. The Kier molecular flexibility index (Phi) is 7.32. The van der Waals surface area contributed by atoms with Crippen LogP contribution < -0.4 is 10.2 Å². The summed E-state index contributed by atoms with van der Waals surface area (Å²) in [6.45, 7) is 3.83. The van der Waals surface area contributed by atoms with Gasteiger partial charge in [-0.25, -0.2) is 14.5 Å². The Hall–Kier alpha value is -4.27. The third kappa shape index (κ3) is 5.08. The number of nitrogens with zero attached hydrogens (tertiary/aromatic N) is 1. The molecule has 2 bridgehead atoms. The van der Waals surface area contributed by atoms with Crippen molar-refractivity contribution in [3.05, 3.63) is 71.3 Å². The third-order valence-corrected chi connectivity index (χ3v) is 7.69. The van der Waals surface area contributed by atoms with Crippen LogP contribution in [0.4, 0.5) is 11.4 Å². The molecule has 3 amide bonds. The number of hydrogen-bond donors (Lipinski definition) is 1. The lowest BCUT2D eigenvalue weighted by Gasteiger charge is -2.19. The second kappa shape index (κ2) is 10.8. The highest BCUT2D eigenvalue weighted by atomic mass is 16.5. The van der Waals surface area contributed by atoms with Gasteiger partial charge in [-0.1, -0.05) is 31.1 Å². The van der Waals surface area contributed by atoms with E-state index in [4.69, 9.17) is 9.47 Å².